The smallest absolute Gasteiger partial charge is 0.412 e. The van der Waals surface area contributed by atoms with Gasteiger partial charge in [-0.1, -0.05) is 30.3 Å². The number of thiol groups is 1. The summed E-state index contributed by atoms with van der Waals surface area (Å²) in [7, 11) is 0. The van der Waals surface area contributed by atoms with E-state index < -0.39 is 24.3 Å². The first-order valence-electron chi connectivity index (χ1n) is 12.0. The van der Waals surface area contributed by atoms with Crippen molar-refractivity contribution in [3.63, 3.8) is 0 Å². The number of ether oxygens (including phenoxy) is 4. The lowest BCUT2D eigenvalue weighted by molar-refractivity contribution is -0.141. The summed E-state index contributed by atoms with van der Waals surface area (Å²) in [5.74, 6) is 0.628. The van der Waals surface area contributed by atoms with Gasteiger partial charge in [0.05, 0.1) is 19.0 Å². The predicted molar refractivity (Wildman–Crippen MR) is 150 cm³/mol. The fourth-order valence-corrected chi connectivity index (χ4v) is 3.99. The molecule has 38 heavy (non-hydrogen) atoms. The van der Waals surface area contributed by atoms with E-state index in [0.29, 0.717) is 22.7 Å². The van der Waals surface area contributed by atoms with Crippen molar-refractivity contribution in [1.82, 2.24) is 0 Å². The molecule has 202 valence electrons. The predicted octanol–water partition coefficient (Wildman–Crippen LogP) is 5.38. The van der Waals surface area contributed by atoms with Crippen LogP contribution in [0.3, 0.4) is 0 Å². The summed E-state index contributed by atoms with van der Waals surface area (Å²) >= 11 is 5.55. The van der Waals surface area contributed by atoms with Crippen LogP contribution in [0.15, 0.2) is 83.8 Å². The van der Waals surface area contributed by atoms with Crippen LogP contribution in [0.25, 0.3) is 0 Å². The maximum Gasteiger partial charge on any atom is 0.412 e. The zero-order chi connectivity index (χ0) is 27.2. The second-order valence-corrected chi connectivity index (χ2v) is 9.15. The van der Waals surface area contributed by atoms with E-state index in [9.17, 15) is 9.59 Å². The number of amides is 1. The zero-order valence-corrected chi connectivity index (χ0v) is 22.7. The Hall–Kier alpha value is -3.34. The number of aliphatic hydroxyl groups excluding tert-OH is 1. The average Bonchev–Trinajstić information content (AvgIpc) is 2.95. The van der Waals surface area contributed by atoms with E-state index in [1.54, 1.807) is 60.3 Å². The number of carbonyl (C=O) groups excluding carboxylic acids is 2. The first-order chi connectivity index (χ1) is 18.5. The third-order valence-electron chi connectivity index (χ3n) is 5.30. The molecule has 0 aliphatic heterocycles. The first-order valence-corrected chi connectivity index (χ1v) is 13.8. The Morgan fingerprint density at radius 3 is 2.29 bits per heavy atom. The van der Waals surface area contributed by atoms with Gasteiger partial charge in [-0.25, -0.2) is 4.79 Å². The lowest BCUT2D eigenvalue weighted by Crippen LogP contribution is -2.32. The van der Waals surface area contributed by atoms with Crippen molar-refractivity contribution in [2.45, 2.75) is 23.5 Å². The number of carbonyl (C=O) groups is 2. The summed E-state index contributed by atoms with van der Waals surface area (Å²) in [4.78, 5) is 25.7. The Morgan fingerprint density at radius 1 is 0.947 bits per heavy atom. The second kappa shape index (κ2) is 15.8. The number of aliphatic hydroxyl groups is 1. The van der Waals surface area contributed by atoms with Crippen LogP contribution in [-0.2, 0) is 14.3 Å². The van der Waals surface area contributed by atoms with E-state index in [1.165, 1.54) is 0 Å². The molecule has 0 radical (unpaired) electrons. The van der Waals surface area contributed by atoms with E-state index in [2.05, 4.69) is 17.9 Å². The van der Waals surface area contributed by atoms with Crippen LogP contribution in [0.2, 0.25) is 0 Å². The molecule has 3 aromatic carbocycles. The molecule has 0 aromatic heterocycles. The van der Waals surface area contributed by atoms with Gasteiger partial charge in [0.15, 0.2) is 6.10 Å². The Bertz CT molecular complexity index is 1130. The third kappa shape index (κ3) is 9.51. The molecular formula is C28H31NO7S2. The summed E-state index contributed by atoms with van der Waals surface area (Å²) in [5, 5.41) is 11.8. The molecule has 0 bridgehead atoms. The molecule has 0 heterocycles. The number of esters is 1. The van der Waals surface area contributed by atoms with Crippen LogP contribution < -0.4 is 14.8 Å². The number of para-hydroxylation sites is 1. The van der Waals surface area contributed by atoms with Gasteiger partial charge in [0.25, 0.3) is 0 Å². The number of anilines is 1. The summed E-state index contributed by atoms with van der Waals surface area (Å²) in [6.07, 6.45) is 0.00191. The molecule has 2 N–H and O–H groups in total. The van der Waals surface area contributed by atoms with Crippen LogP contribution in [-0.4, -0.2) is 55.1 Å². The minimum Gasteiger partial charge on any atom is -0.491 e. The van der Waals surface area contributed by atoms with Gasteiger partial charge in [0.1, 0.15) is 24.2 Å². The summed E-state index contributed by atoms with van der Waals surface area (Å²) < 4.78 is 22.9. The standard InChI is InChI=1S/C28H31NO7S2/c1-38-24-13-9-21(10-14-24)29-28(32)36-27(20-7-11-22(12-8-20)33-18-16-30)25(15-17-34-26(31)19-37)35-23-5-3-2-4-6-23/h2-14,25,27,30,37H,15-19H2,1H3,(H,29,32)/t25-,27-/m1/s1. The highest BCUT2D eigenvalue weighted by atomic mass is 32.2. The SMILES string of the molecule is CSc1ccc(NC(=O)O[C@H](c2ccc(OCCO)cc2)[C@@H](CCOC(=O)CS)Oc2ccccc2)cc1. The van der Waals surface area contributed by atoms with Crippen molar-refractivity contribution in [3.8, 4) is 11.5 Å². The molecule has 3 rings (SSSR count). The Balaban J connectivity index is 1.86. The molecule has 0 aliphatic rings. The minimum atomic E-state index is -0.859. The van der Waals surface area contributed by atoms with Crippen molar-refractivity contribution in [3.05, 3.63) is 84.4 Å². The van der Waals surface area contributed by atoms with Crippen LogP contribution in [0, 0.1) is 0 Å². The summed E-state index contributed by atoms with van der Waals surface area (Å²) in [6, 6.07) is 23.5. The van der Waals surface area contributed by atoms with E-state index >= 15 is 0 Å². The summed E-state index contributed by atoms with van der Waals surface area (Å²) in [6.45, 7) is 0.100. The van der Waals surface area contributed by atoms with Crippen molar-refractivity contribution in [1.29, 1.82) is 0 Å². The van der Waals surface area contributed by atoms with E-state index in [1.807, 2.05) is 36.6 Å². The van der Waals surface area contributed by atoms with E-state index in [0.717, 1.165) is 4.90 Å². The van der Waals surface area contributed by atoms with Gasteiger partial charge in [-0.15, -0.1) is 11.8 Å². The maximum absolute atomic E-state index is 13.0. The van der Waals surface area contributed by atoms with Crippen LogP contribution in [0.5, 0.6) is 11.5 Å². The molecule has 0 spiro atoms. The fraction of sp³-hybridized carbons (Fsp3) is 0.286. The summed E-state index contributed by atoms with van der Waals surface area (Å²) in [5.41, 5.74) is 1.23. The Kier molecular flexibility index (Phi) is 12.2. The number of benzene rings is 3. The number of thioether (sulfide) groups is 1. The topological polar surface area (TPSA) is 103 Å². The second-order valence-electron chi connectivity index (χ2n) is 7.96. The Labute approximate surface area is 232 Å². The molecule has 8 nitrogen and oxygen atoms in total. The van der Waals surface area contributed by atoms with Gasteiger partial charge in [0.2, 0.25) is 0 Å². The maximum atomic E-state index is 13.0. The first kappa shape index (κ1) is 29.2. The van der Waals surface area contributed by atoms with E-state index in [4.69, 9.17) is 24.1 Å². The van der Waals surface area contributed by atoms with Crippen LogP contribution in [0.4, 0.5) is 10.5 Å². The monoisotopic (exact) mass is 557 g/mol. The van der Waals surface area contributed by atoms with Gasteiger partial charge in [0, 0.05) is 17.0 Å². The van der Waals surface area contributed by atoms with Crippen LogP contribution >= 0.6 is 24.4 Å². The van der Waals surface area contributed by atoms with Crippen molar-refractivity contribution in [2.24, 2.45) is 0 Å². The van der Waals surface area contributed by atoms with Gasteiger partial charge < -0.3 is 24.1 Å². The highest BCUT2D eigenvalue weighted by molar-refractivity contribution is 7.98. The molecule has 0 fully saturated rings. The van der Waals surface area contributed by atoms with Gasteiger partial charge in [-0.3, -0.25) is 10.1 Å². The average molecular weight is 558 g/mol. The Morgan fingerprint density at radius 2 is 1.66 bits per heavy atom. The normalized spacial score (nSPS) is 12.2. The highest BCUT2D eigenvalue weighted by Gasteiger charge is 2.30. The molecule has 10 heteroatoms. The van der Waals surface area contributed by atoms with Gasteiger partial charge in [-0.2, -0.15) is 12.6 Å². The van der Waals surface area contributed by atoms with E-state index in [-0.39, 0.29) is 32.0 Å². The molecule has 1 amide bonds. The molecule has 0 unspecified atom stereocenters. The minimum absolute atomic E-state index is 0.0445. The quantitative estimate of drug-likeness (QED) is 0.138. The fourth-order valence-electron chi connectivity index (χ4n) is 3.49. The zero-order valence-electron chi connectivity index (χ0n) is 20.9. The lowest BCUT2D eigenvalue weighted by atomic mass is 10.0. The molecule has 2 atom stereocenters. The molecule has 0 saturated heterocycles. The third-order valence-corrected chi connectivity index (χ3v) is 6.30. The van der Waals surface area contributed by atoms with Crippen molar-refractivity contribution >= 4 is 42.1 Å². The molecule has 0 saturated carbocycles. The van der Waals surface area contributed by atoms with Crippen molar-refractivity contribution in [2.75, 3.05) is 37.1 Å². The molecule has 3 aromatic rings. The number of rotatable bonds is 14. The highest BCUT2D eigenvalue weighted by Crippen LogP contribution is 2.30. The largest absolute Gasteiger partial charge is 0.491 e. The lowest BCUT2D eigenvalue weighted by Gasteiger charge is -2.28. The number of hydrogen-bond donors (Lipinski definition) is 3. The number of nitrogens with one attached hydrogen (secondary N) is 1. The number of hydrogen-bond acceptors (Lipinski definition) is 9. The molecule has 0 aliphatic carbocycles. The van der Waals surface area contributed by atoms with Gasteiger partial charge >= 0.3 is 12.1 Å². The van der Waals surface area contributed by atoms with Crippen molar-refractivity contribution < 1.29 is 33.6 Å². The van der Waals surface area contributed by atoms with Gasteiger partial charge in [-0.05, 0) is 60.4 Å². The van der Waals surface area contributed by atoms with Crippen LogP contribution in [0.1, 0.15) is 18.1 Å². The molecular weight excluding hydrogens is 526 g/mol.